The minimum absolute atomic E-state index is 0.0454. The Bertz CT molecular complexity index is 2250. The summed E-state index contributed by atoms with van der Waals surface area (Å²) in [6.07, 6.45) is -4.78. The van der Waals surface area contributed by atoms with Crippen LogP contribution in [0.4, 0.5) is 13.2 Å². The minimum atomic E-state index is -4.78. The Morgan fingerprint density at radius 1 is 0.673 bits per heavy atom. The number of rotatable bonds is 9. The van der Waals surface area contributed by atoms with Crippen LogP contribution in [0.5, 0.6) is 5.75 Å². The molecule has 0 fully saturated rings. The Kier molecular flexibility index (Phi) is 12.9. The van der Waals surface area contributed by atoms with Gasteiger partial charge in [-0.25, -0.2) is 9.59 Å². The molecule has 52 heavy (non-hydrogen) atoms. The average molecular weight is 755 g/mol. The molecule has 0 aliphatic carbocycles. The quantitative estimate of drug-likeness (QED) is 0.129. The first-order valence-corrected chi connectivity index (χ1v) is 18.0. The topological polar surface area (TPSA) is 130 Å². The van der Waals surface area contributed by atoms with Gasteiger partial charge in [0.2, 0.25) is 0 Å². The van der Waals surface area contributed by atoms with Gasteiger partial charge in [-0.1, -0.05) is 75.5 Å². The monoisotopic (exact) mass is 754 g/mol. The standard InChI is InChI=1S/C23H23F3N2O3S.C15H18N2O2S/c1-13(2)19-20(29)27-22(30)28(21(19)32-18-10-14(3)9-15(4)11-18)12-16-5-7-17(8-6-16)31-23(24,25)26;1-8(2)12-13(18)16-15(19)17-14(12)20-11-6-9(3)5-10(4)7-11/h5-11,13H,12H2,1-4H3,(H,27,29,30);5-8H,1-4H3,(H2,16,17,18,19). The van der Waals surface area contributed by atoms with E-state index in [9.17, 15) is 32.3 Å². The molecule has 14 heteroatoms. The highest BCUT2D eigenvalue weighted by Gasteiger charge is 2.31. The Hall–Kier alpha value is -4.69. The van der Waals surface area contributed by atoms with Gasteiger partial charge in [-0.3, -0.25) is 24.1 Å². The van der Waals surface area contributed by atoms with Crippen molar-refractivity contribution in [1.29, 1.82) is 0 Å². The fourth-order valence-electron chi connectivity index (χ4n) is 5.60. The molecular formula is C38H41F3N4O5S2. The second kappa shape index (κ2) is 16.8. The van der Waals surface area contributed by atoms with E-state index < -0.39 is 23.3 Å². The number of hydrogen-bond donors (Lipinski definition) is 3. The van der Waals surface area contributed by atoms with E-state index in [0.29, 0.717) is 26.7 Å². The van der Waals surface area contributed by atoms with Crippen LogP contribution in [-0.4, -0.2) is 25.9 Å². The molecule has 0 bridgehead atoms. The molecule has 5 aromatic rings. The highest BCUT2D eigenvalue weighted by atomic mass is 32.2. The van der Waals surface area contributed by atoms with Crippen LogP contribution < -0.4 is 27.2 Å². The summed E-state index contributed by atoms with van der Waals surface area (Å²) in [7, 11) is 0. The van der Waals surface area contributed by atoms with Gasteiger partial charge >= 0.3 is 17.7 Å². The average Bonchev–Trinajstić information content (AvgIpc) is 2.97. The van der Waals surface area contributed by atoms with Crippen molar-refractivity contribution in [3.05, 3.63) is 141 Å². The SMILES string of the molecule is Cc1cc(C)cc(Sc2[nH]c(=O)[nH]c(=O)c2C(C)C)c1.Cc1cc(C)cc(Sc2c(C(C)C)c(=O)[nH]c(=O)n2Cc2ccc(OC(F)(F)F)cc2)c1. The highest BCUT2D eigenvalue weighted by Crippen LogP contribution is 2.34. The summed E-state index contributed by atoms with van der Waals surface area (Å²) >= 11 is 2.75. The van der Waals surface area contributed by atoms with Gasteiger partial charge in [0.15, 0.2) is 0 Å². The molecule has 3 aromatic carbocycles. The van der Waals surface area contributed by atoms with Gasteiger partial charge in [-0.15, -0.1) is 13.2 Å². The number of hydrogen-bond acceptors (Lipinski definition) is 7. The molecule has 2 aromatic heterocycles. The smallest absolute Gasteiger partial charge is 0.406 e. The van der Waals surface area contributed by atoms with E-state index in [1.165, 1.54) is 52.4 Å². The molecule has 0 atom stereocenters. The Balaban J connectivity index is 0.000000259. The number of nitrogens with one attached hydrogen (secondary N) is 3. The molecule has 0 saturated carbocycles. The first-order chi connectivity index (χ1) is 24.3. The zero-order valence-corrected chi connectivity index (χ0v) is 31.7. The highest BCUT2D eigenvalue weighted by molar-refractivity contribution is 7.99. The van der Waals surface area contributed by atoms with Crippen molar-refractivity contribution in [1.82, 2.24) is 19.5 Å². The normalized spacial score (nSPS) is 11.5. The largest absolute Gasteiger partial charge is 0.573 e. The van der Waals surface area contributed by atoms with Gasteiger partial charge in [0.05, 0.1) is 27.7 Å². The number of benzene rings is 3. The third-order valence-electron chi connectivity index (χ3n) is 7.61. The van der Waals surface area contributed by atoms with Gasteiger partial charge in [0, 0.05) is 9.79 Å². The fourth-order valence-corrected chi connectivity index (χ4v) is 8.32. The van der Waals surface area contributed by atoms with E-state index in [0.717, 1.165) is 32.0 Å². The lowest BCUT2D eigenvalue weighted by Crippen LogP contribution is -2.34. The maximum atomic E-state index is 12.7. The van der Waals surface area contributed by atoms with Crippen LogP contribution in [0.25, 0.3) is 0 Å². The first kappa shape index (κ1) is 40.1. The van der Waals surface area contributed by atoms with E-state index >= 15 is 0 Å². The summed E-state index contributed by atoms with van der Waals surface area (Å²) < 4.78 is 42.6. The molecule has 9 nitrogen and oxygen atoms in total. The molecular weight excluding hydrogens is 714 g/mol. The minimum Gasteiger partial charge on any atom is -0.406 e. The molecule has 0 spiro atoms. The van der Waals surface area contributed by atoms with Crippen molar-refractivity contribution in [2.24, 2.45) is 0 Å². The third kappa shape index (κ3) is 10.9. The van der Waals surface area contributed by atoms with Crippen LogP contribution in [0.1, 0.15) is 78.5 Å². The van der Waals surface area contributed by atoms with Crippen molar-refractivity contribution in [2.45, 2.75) is 100.0 Å². The van der Waals surface area contributed by atoms with Gasteiger partial charge in [0.25, 0.3) is 11.1 Å². The summed E-state index contributed by atoms with van der Waals surface area (Å²) in [5.74, 6) is -0.451. The molecule has 0 aliphatic rings. The molecule has 0 radical (unpaired) electrons. The maximum Gasteiger partial charge on any atom is 0.573 e. The van der Waals surface area contributed by atoms with E-state index in [-0.39, 0.29) is 29.7 Å². The maximum absolute atomic E-state index is 12.7. The number of aromatic amines is 3. The zero-order valence-electron chi connectivity index (χ0n) is 30.1. The number of aromatic nitrogens is 4. The summed E-state index contributed by atoms with van der Waals surface area (Å²) in [6.45, 7) is 15.7. The Morgan fingerprint density at radius 2 is 1.15 bits per heavy atom. The lowest BCUT2D eigenvalue weighted by atomic mass is 10.1. The molecule has 276 valence electrons. The summed E-state index contributed by atoms with van der Waals surface area (Å²) in [5, 5.41) is 1.13. The van der Waals surface area contributed by atoms with Gasteiger partial charge in [0.1, 0.15) is 5.75 Å². The number of H-pyrrole nitrogens is 3. The number of ether oxygens (including phenoxy) is 1. The first-order valence-electron chi connectivity index (χ1n) is 16.4. The Labute approximate surface area is 307 Å². The number of alkyl halides is 3. The predicted octanol–water partition coefficient (Wildman–Crippen LogP) is 8.33. The van der Waals surface area contributed by atoms with Crippen LogP contribution in [0, 0.1) is 27.7 Å². The number of aryl methyl sites for hydroxylation is 4. The van der Waals surface area contributed by atoms with Crippen LogP contribution in [0.2, 0.25) is 0 Å². The van der Waals surface area contributed by atoms with Crippen LogP contribution in [0.15, 0.2) is 99.7 Å². The van der Waals surface area contributed by atoms with Crippen molar-refractivity contribution in [3.63, 3.8) is 0 Å². The van der Waals surface area contributed by atoms with Crippen molar-refractivity contribution < 1.29 is 17.9 Å². The lowest BCUT2D eigenvalue weighted by molar-refractivity contribution is -0.274. The molecule has 0 amide bonds. The van der Waals surface area contributed by atoms with Crippen molar-refractivity contribution in [3.8, 4) is 5.75 Å². The van der Waals surface area contributed by atoms with E-state index in [1.807, 2.05) is 85.7 Å². The fraction of sp³-hybridized carbons (Fsp3) is 0.316. The molecule has 0 unspecified atom stereocenters. The van der Waals surface area contributed by atoms with Gasteiger partial charge < -0.3 is 9.72 Å². The zero-order chi connectivity index (χ0) is 38.5. The summed E-state index contributed by atoms with van der Waals surface area (Å²) in [6, 6.07) is 17.5. The van der Waals surface area contributed by atoms with Crippen molar-refractivity contribution in [2.75, 3.05) is 0 Å². The predicted molar refractivity (Wildman–Crippen MR) is 199 cm³/mol. The van der Waals surface area contributed by atoms with Crippen LogP contribution in [-0.2, 0) is 6.54 Å². The molecule has 3 N–H and O–H groups in total. The molecule has 0 saturated heterocycles. The van der Waals surface area contributed by atoms with Crippen LogP contribution in [0.3, 0.4) is 0 Å². The summed E-state index contributed by atoms with van der Waals surface area (Å²) in [5.41, 5.74) is 4.31. The third-order valence-corrected chi connectivity index (χ3v) is 9.71. The Morgan fingerprint density at radius 3 is 1.63 bits per heavy atom. The van der Waals surface area contributed by atoms with Gasteiger partial charge in [-0.05, 0) is 104 Å². The lowest BCUT2D eigenvalue weighted by Gasteiger charge is -2.18. The molecule has 2 heterocycles. The number of halogens is 3. The van der Waals surface area contributed by atoms with E-state index in [2.05, 4.69) is 25.8 Å². The van der Waals surface area contributed by atoms with E-state index in [1.54, 1.807) is 0 Å². The second-order valence-corrected chi connectivity index (χ2v) is 15.2. The summed E-state index contributed by atoms with van der Waals surface area (Å²) in [4.78, 5) is 58.1. The van der Waals surface area contributed by atoms with Gasteiger partial charge in [-0.2, -0.15) is 0 Å². The number of nitrogens with zero attached hydrogens (tertiary/aromatic N) is 1. The molecule has 5 rings (SSSR count). The second-order valence-electron chi connectivity index (χ2n) is 13.1. The van der Waals surface area contributed by atoms with Crippen LogP contribution >= 0.6 is 23.5 Å². The molecule has 0 aliphatic heterocycles. The van der Waals surface area contributed by atoms with Crippen molar-refractivity contribution >= 4 is 23.5 Å². The van der Waals surface area contributed by atoms with E-state index in [4.69, 9.17) is 0 Å².